The van der Waals surface area contributed by atoms with Crippen LogP contribution in [0.3, 0.4) is 0 Å². The van der Waals surface area contributed by atoms with Crippen LogP contribution in [-0.4, -0.2) is 12.6 Å². The minimum absolute atomic E-state index is 0.161. The van der Waals surface area contributed by atoms with Crippen LogP contribution < -0.4 is 10.6 Å². The van der Waals surface area contributed by atoms with Gasteiger partial charge in [-0.25, -0.2) is 4.79 Å². The van der Waals surface area contributed by atoms with Crippen LogP contribution in [0.1, 0.15) is 55.4 Å². The molecular formula is C28H32N2O. The number of carbonyl (C=O) groups is 1. The van der Waals surface area contributed by atoms with E-state index in [2.05, 4.69) is 71.8 Å². The molecule has 3 nitrogen and oxygen atoms in total. The highest BCUT2D eigenvalue weighted by Crippen LogP contribution is 2.27. The summed E-state index contributed by atoms with van der Waals surface area (Å²) < 4.78 is 0. The Morgan fingerprint density at radius 3 is 2.03 bits per heavy atom. The van der Waals surface area contributed by atoms with Gasteiger partial charge in [0.2, 0.25) is 0 Å². The summed E-state index contributed by atoms with van der Waals surface area (Å²) in [7, 11) is 0. The third-order valence-corrected chi connectivity index (χ3v) is 5.63. The van der Waals surface area contributed by atoms with Crippen molar-refractivity contribution in [2.24, 2.45) is 0 Å². The van der Waals surface area contributed by atoms with Gasteiger partial charge in [-0.3, -0.25) is 0 Å². The molecule has 0 aliphatic heterocycles. The smallest absolute Gasteiger partial charge is 0.315 e. The van der Waals surface area contributed by atoms with Crippen molar-refractivity contribution in [2.75, 3.05) is 6.54 Å². The summed E-state index contributed by atoms with van der Waals surface area (Å²) in [6, 6.07) is 28.9. The van der Waals surface area contributed by atoms with E-state index in [1.54, 1.807) is 0 Å². The number of urea groups is 1. The molecule has 160 valence electrons. The Kier molecular flexibility index (Phi) is 7.30. The van der Waals surface area contributed by atoms with E-state index >= 15 is 0 Å². The third kappa shape index (κ3) is 6.08. The van der Waals surface area contributed by atoms with Crippen LogP contribution in [0, 0.1) is 0 Å². The maximum Gasteiger partial charge on any atom is 0.315 e. The molecule has 0 unspecified atom stereocenters. The van der Waals surface area contributed by atoms with E-state index in [0.717, 1.165) is 23.1 Å². The fourth-order valence-corrected chi connectivity index (χ4v) is 3.80. The van der Waals surface area contributed by atoms with Crippen LogP contribution in [-0.2, 0) is 5.54 Å². The van der Waals surface area contributed by atoms with Crippen molar-refractivity contribution < 1.29 is 4.79 Å². The number of rotatable bonds is 8. The second-order valence-corrected chi connectivity index (χ2v) is 8.53. The van der Waals surface area contributed by atoms with Gasteiger partial charge in [-0.1, -0.05) is 91.0 Å². The van der Waals surface area contributed by atoms with Crippen molar-refractivity contribution >= 4 is 11.6 Å². The molecule has 0 saturated heterocycles. The lowest BCUT2D eigenvalue weighted by Gasteiger charge is -2.28. The predicted molar refractivity (Wildman–Crippen MR) is 130 cm³/mol. The molecule has 0 fully saturated rings. The van der Waals surface area contributed by atoms with Crippen LogP contribution in [0.4, 0.5) is 4.79 Å². The largest absolute Gasteiger partial charge is 0.338 e. The second kappa shape index (κ2) is 10.1. The highest BCUT2D eigenvalue weighted by atomic mass is 16.2. The molecule has 0 radical (unpaired) electrons. The molecule has 0 saturated carbocycles. The monoisotopic (exact) mass is 412 g/mol. The van der Waals surface area contributed by atoms with Gasteiger partial charge < -0.3 is 10.6 Å². The van der Waals surface area contributed by atoms with Gasteiger partial charge in [0.05, 0.1) is 5.54 Å². The van der Waals surface area contributed by atoms with E-state index < -0.39 is 5.54 Å². The fourth-order valence-electron chi connectivity index (χ4n) is 3.80. The Bertz CT molecular complexity index is 970. The highest BCUT2D eigenvalue weighted by Gasteiger charge is 2.23. The van der Waals surface area contributed by atoms with Crippen molar-refractivity contribution in [2.45, 2.75) is 38.6 Å². The van der Waals surface area contributed by atoms with E-state index in [1.165, 1.54) is 11.1 Å². The van der Waals surface area contributed by atoms with Crippen molar-refractivity contribution in [3.8, 4) is 0 Å². The van der Waals surface area contributed by atoms with E-state index in [1.807, 2.05) is 51.1 Å². The van der Waals surface area contributed by atoms with Gasteiger partial charge in [0.1, 0.15) is 0 Å². The number of nitrogens with one attached hydrogen (secondary N) is 2. The second-order valence-electron chi connectivity index (χ2n) is 8.53. The number of benzene rings is 3. The SMILES string of the molecule is C=C(C)c1cccc(C(C)(C)NC(=O)NCCC(c2ccccc2)c2ccccc2)c1. The first-order chi connectivity index (χ1) is 14.9. The molecule has 0 aromatic heterocycles. The molecular weight excluding hydrogens is 380 g/mol. The van der Waals surface area contributed by atoms with Crippen molar-refractivity contribution in [3.63, 3.8) is 0 Å². The predicted octanol–water partition coefficient (Wildman–Crippen LogP) is 6.48. The van der Waals surface area contributed by atoms with Crippen LogP contribution in [0.5, 0.6) is 0 Å². The van der Waals surface area contributed by atoms with Gasteiger partial charge in [0.15, 0.2) is 0 Å². The zero-order valence-electron chi connectivity index (χ0n) is 18.7. The Morgan fingerprint density at radius 2 is 1.48 bits per heavy atom. The molecule has 0 heterocycles. The summed E-state index contributed by atoms with van der Waals surface area (Å²) in [6.07, 6.45) is 0.826. The summed E-state index contributed by atoms with van der Waals surface area (Å²) in [5.74, 6) is 0.239. The van der Waals surface area contributed by atoms with Crippen LogP contribution >= 0.6 is 0 Å². The standard InChI is InChI=1S/C28H32N2O/c1-21(2)24-16-11-17-25(20-24)28(3,4)30-27(31)29-19-18-26(22-12-7-5-8-13-22)23-14-9-6-10-15-23/h5-17,20,26H,1,18-19H2,2-4H3,(H2,29,30,31). The summed E-state index contributed by atoms with van der Waals surface area (Å²) in [5.41, 5.74) is 5.17. The molecule has 0 aliphatic carbocycles. The molecule has 0 atom stereocenters. The molecule has 0 spiro atoms. The summed E-state index contributed by atoms with van der Waals surface area (Å²) in [6.45, 7) is 10.6. The zero-order valence-corrected chi connectivity index (χ0v) is 18.7. The molecule has 3 aromatic carbocycles. The number of amides is 2. The molecule has 0 aliphatic rings. The fraction of sp³-hybridized carbons (Fsp3) is 0.250. The lowest BCUT2D eigenvalue weighted by Crippen LogP contribution is -2.46. The van der Waals surface area contributed by atoms with Gasteiger partial charge in [-0.05, 0) is 55.5 Å². The van der Waals surface area contributed by atoms with Gasteiger partial charge in [-0.2, -0.15) is 0 Å². The van der Waals surface area contributed by atoms with Crippen LogP contribution in [0.25, 0.3) is 5.57 Å². The summed E-state index contributed by atoms with van der Waals surface area (Å²) >= 11 is 0. The maximum atomic E-state index is 12.7. The van der Waals surface area contributed by atoms with E-state index in [4.69, 9.17) is 0 Å². The quantitative estimate of drug-likeness (QED) is 0.437. The molecule has 3 heteroatoms. The Morgan fingerprint density at radius 1 is 0.903 bits per heavy atom. The first kappa shape index (κ1) is 22.4. The average Bonchev–Trinajstić information content (AvgIpc) is 2.77. The van der Waals surface area contributed by atoms with Gasteiger partial charge in [0.25, 0.3) is 0 Å². The number of hydrogen-bond donors (Lipinski definition) is 2. The first-order valence-corrected chi connectivity index (χ1v) is 10.8. The van der Waals surface area contributed by atoms with E-state index in [0.29, 0.717) is 6.54 Å². The van der Waals surface area contributed by atoms with Gasteiger partial charge in [-0.15, -0.1) is 0 Å². The maximum absolute atomic E-state index is 12.7. The van der Waals surface area contributed by atoms with E-state index in [9.17, 15) is 4.79 Å². The summed E-state index contributed by atoms with van der Waals surface area (Å²) in [5, 5.41) is 6.16. The highest BCUT2D eigenvalue weighted by molar-refractivity contribution is 5.75. The molecule has 3 aromatic rings. The minimum Gasteiger partial charge on any atom is -0.338 e. The lowest BCUT2D eigenvalue weighted by molar-refractivity contribution is 0.229. The van der Waals surface area contributed by atoms with Crippen molar-refractivity contribution in [1.29, 1.82) is 0 Å². The number of hydrogen-bond acceptors (Lipinski definition) is 1. The van der Waals surface area contributed by atoms with Crippen LogP contribution in [0.2, 0.25) is 0 Å². The minimum atomic E-state index is -0.492. The summed E-state index contributed by atoms with van der Waals surface area (Å²) in [4.78, 5) is 12.7. The van der Waals surface area contributed by atoms with Crippen molar-refractivity contribution in [1.82, 2.24) is 10.6 Å². The molecule has 0 bridgehead atoms. The Hall–Kier alpha value is -3.33. The lowest BCUT2D eigenvalue weighted by atomic mass is 9.88. The Labute approximate surface area is 186 Å². The topological polar surface area (TPSA) is 41.1 Å². The normalized spacial score (nSPS) is 11.2. The number of carbonyl (C=O) groups excluding carboxylic acids is 1. The number of allylic oxidation sites excluding steroid dienone is 1. The molecule has 31 heavy (non-hydrogen) atoms. The molecule has 2 amide bonds. The van der Waals surface area contributed by atoms with Gasteiger partial charge in [0, 0.05) is 12.5 Å². The first-order valence-electron chi connectivity index (χ1n) is 10.8. The zero-order chi connectivity index (χ0) is 22.3. The third-order valence-electron chi connectivity index (χ3n) is 5.63. The molecule has 3 rings (SSSR count). The van der Waals surface area contributed by atoms with Crippen LogP contribution in [0.15, 0.2) is 91.5 Å². The van der Waals surface area contributed by atoms with E-state index in [-0.39, 0.29) is 11.9 Å². The van der Waals surface area contributed by atoms with Gasteiger partial charge >= 0.3 is 6.03 Å². The van der Waals surface area contributed by atoms with Crippen molar-refractivity contribution in [3.05, 3.63) is 114 Å². The average molecular weight is 413 g/mol. The molecule has 2 N–H and O–H groups in total. The Balaban J connectivity index is 1.63.